The van der Waals surface area contributed by atoms with Gasteiger partial charge in [0.15, 0.2) is 12.4 Å². The fraction of sp³-hybridized carbons (Fsp3) is 0.444. The molecule has 1 aliphatic rings. The summed E-state index contributed by atoms with van der Waals surface area (Å²) >= 11 is 0. The van der Waals surface area contributed by atoms with Crippen LogP contribution in [0.2, 0.25) is 0 Å². The molecule has 1 aromatic heterocycles. The molecule has 0 saturated carbocycles. The van der Waals surface area contributed by atoms with Crippen molar-refractivity contribution in [3.05, 3.63) is 41.5 Å². The molecule has 0 spiro atoms. The van der Waals surface area contributed by atoms with E-state index in [1.54, 1.807) is 19.1 Å². The highest BCUT2D eigenvalue weighted by Crippen LogP contribution is 2.25. The Morgan fingerprint density at radius 3 is 2.92 bits per heavy atom. The summed E-state index contributed by atoms with van der Waals surface area (Å²) in [7, 11) is 0. The predicted octanol–water partition coefficient (Wildman–Crippen LogP) is 2.23. The number of benzene rings is 1. The third kappa shape index (κ3) is 4.35. The number of nitrogens with zero attached hydrogens (tertiary/aromatic N) is 4. The van der Waals surface area contributed by atoms with Crippen molar-refractivity contribution in [1.82, 2.24) is 15.0 Å². The number of amides is 1. The number of ether oxygens (including phenoxy) is 1. The van der Waals surface area contributed by atoms with E-state index in [0.29, 0.717) is 30.4 Å². The zero-order chi connectivity index (χ0) is 17.6. The summed E-state index contributed by atoms with van der Waals surface area (Å²) in [6.07, 6.45) is 2.25. The van der Waals surface area contributed by atoms with Gasteiger partial charge in [0.1, 0.15) is 11.8 Å². The molecular formula is C18H20N4O3. The van der Waals surface area contributed by atoms with Crippen LogP contribution in [-0.2, 0) is 11.2 Å². The first kappa shape index (κ1) is 17.0. The molecule has 7 nitrogen and oxygen atoms in total. The largest absolute Gasteiger partial charge is 0.479 e. The number of hydrogen-bond acceptors (Lipinski definition) is 6. The quantitative estimate of drug-likeness (QED) is 0.829. The zero-order valence-corrected chi connectivity index (χ0v) is 14.1. The van der Waals surface area contributed by atoms with Crippen LogP contribution in [0.25, 0.3) is 0 Å². The number of hydrogen-bond donors (Lipinski definition) is 0. The Bertz CT molecular complexity index is 763. The first-order valence-electron chi connectivity index (χ1n) is 8.32. The molecule has 130 valence electrons. The Balaban J connectivity index is 1.58. The van der Waals surface area contributed by atoms with Crippen LogP contribution in [0.5, 0.6) is 5.75 Å². The summed E-state index contributed by atoms with van der Waals surface area (Å²) in [6.45, 7) is 3.17. The lowest BCUT2D eigenvalue weighted by atomic mass is 9.97. The molecule has 1 fully saturated rings. The van der Waals surface area contributed by atoms with Crippen molar-refractivity contribution in [2.24, 2.45) is 0 Å². The molecule has 1 atom stereocenters. The second-order valence-electron chi connectivity index (χ2n) is 6.12. The topological polar surface area (TPSA) is 92.2 Å². The molecule has 2 heterocycles. The number of likely N-dealkylation sites (tertiary alicyclic amines) is 1. The number of rotatable bonds is 5. The average molecular weight is 340 g/mol. The third-order valence-corrected chi connectivity index (χ3v) is 4.26. The Morgan fingerprint density at radius 2 is 2.24 bits per heavy atom. The fourth-order valence-corrected chi connectivity index (χ4v) is 3.00. The molecule has 1 saturated heterocycles. The Hall–Kier alpha value is -2.88. The van der Waals surface area contributed by atoms with Gasteiger partial charge >= 0.3 is 0 Å². The van der Waals surface area contributed by atoms with Gasteiger partial charge in [-0.2, -0.15) is 10.2 Å². The van der Waals surface area contributed by atoms with Crippen LogP contribution in [0.4, 0.5) is 0 Å². The summed E-state index contributed by atoms with van der Waals surface area (Å²) in [4.78, 5) is 18.8. The van der Waals surface area contributed by atoms with Crippen LogP contribution in [0.3, 0.4) is 0 Å². The van der Waals surface area contributed by atoms with E-state index in [-0.39, 0.29) is 18.4 Å². The van der Waals surface area contributed by atoms with Crippen molar-refractivity contribution in [3.8, 4) is 11.8 Å². The Labute approximate surface area is 146 Å². The van der Waals surface area contributed by atoms with Gasteiger partial charge in [-0.1, -0.05) is 17.3 Å². The smallest absolute Gasteiger partial charge is 0.227 e. The lowest BCUT2D eigenvalue weighted by Crippen LogP contribution is -2.40. The van der Waals surface area contributed by atoms with Crippen molar-refractivity contribution in [2.45, 2.75) is 32.1 Å². The summed E-state index contributed by atoms with van der Waals surface area (Å²) < 4.78 is 10.3. The van der Waals surface area contributed by atoms with E-state index < -0.39 is 0 Å². The third-order valence-electron chi connectivity index (χ3n) is 4.26. The van der Waals surface area contributed by atoms with Gasteiger partial charge in [-0.3, -0.25) is 4.79 Å². The highest BCUT2D eigenvalue weighted by atomic mass is 16.5. The van der Waals surface area contributed by atoms with Crippen LogP contribution in [-0.4, -0.2) is 40.6 Å². The number of carbonyl (C=O) groups excluding carboxylic acids is 1. The van der Waals surface area contributed by atoms with Crippen LogP contribution in [0.15, 0.2) is 28.8 Å². The van der Waals surface area contributed by atoms with Crippen molar-refractivity contribution >= 4 is 5.91 Å². The number of piperidine rings is 1. The molecule has 2 aromatic rings. The lowest BCUT2D eigenvalue weighted by molar-refractivity contribution is -0.131. The number of aromatic nitrogens is 2. The normalized spacial score (nSPS) is 17.1. The standard InChI is InChI=1S/C18H20N4O3/c1-13-20-18(21-25-13)15-3-2-9-22(12-15)17(23)11-14-4-6-16(7-5-14)24-10-8-19/h4-7,15H,2-3,9-12H2,1H3/t15-/m1/s1. The van der Waals surface area contributed by atoms with E-state index >= 15 is 0 Å². The maximum absolute atomic E-state index is 12.6. The Kier molecular flexibility index (Phi) is 5.29. The molecule has 0 aliphatic carbocycles. The van der Waals surface area contributed by atoms with Gasteiger partial charge in [-0.25, -0.2) is 0 Å². The Morgan fingerprint density at radius 1 is 1.44 bits per heavy atom. The van der Waals surface area contributed by atoms with Gasteiger partial charge in [0.2, 0.25) is 11.8 Å². The fourth-order valence-electron chi connectivity index (χ4n) is 3.00. The molecular weight excluding hydrogens is 320 g/mol. The SMILES string of the molecule is Cc1nc([C@@H]2CCCN(C(=O)Cc3ccc(OCC#N)cc3)C2)no1. The van der Waals surface area contributed by atoms with E-state index in [9.17, 15) is 4.79 Å². The van der Waals surface area contributed by atoms with Gasteiger partial charge in [-0.15, -0.1) is 0 Å². The molecule has 1 amide bonds. The molecule has 1 aliphatic heterocycles. The van der Waals surface area contributed by atoms with Crippen LogP contribution in [0.1, 0.15) is 36.0 Å². The molecule has 0 N–H and O–H groups in total. The first-order valence-corrected chi connectivity index (χ1v) is 8.32. The van der Waals surface area contributed by atoms with E-state index in [4.69, 9.17) is 14.5 Å². The first-order chi connectivity index (χ1) is 12.2. The van der Waals surface area contributed by atoms with E-state index in [1.165, 1.54) is 0 Å². The summed E-state index contributed by atoms with van der Waals surface area (Å²) in [5, 5.41) is 12.5. The summed E-state index contributed by atoms with van der Waals surface area (Å²) in [5.41, 5.74) is 0.923. The van der Waals surface area contributed by atoms with Gasteiger partial charge in [0.25, 0.3) is 0 Å². The van der Waals surface area contributed by atoms with Crippen LogP contribution < -0.4 is 4.74 Å². The van der Waals surface area contributed by atoms with Crippen LogP contribution >= 0.6 is 0 Å². The maximum Gasteiger partial charge on any atom is 0.227 e. The van der Waals surface area contributed by atoms with Crippen LogP contribution in [0, 0.1) is 18.3 Å². The van der Waals surface area contributed by atoms with Crippen molar-refractivity contribution in [1.29, 1.82) is 5.26 Å². The van der Waals surface area contributed by atoms with Crippen molar-refractivity contribution in [3.63, 3.8) is 0 Å². The second-order valence-corrected chi connectivity index (χ2v) is 6.12. The highest BCUT2D eigenvalue weighted by molar-refractivity contribution is 5.79. The molecule has 7 heteroatoms. The minimum atomic E-state index is 0.0169. The summed E-state index contributed by atoms with van der Waals surface area (Å²) in [6, 6.07) is 9.19. The molecule has 0 bridgehead atoms. The number of aryl methyl sites for hydroxylation is 1. The van der Waals surface area contributed by atoms with Gasteiger partial charge in [0, 0.05) is 25.9 Å². The summed E-state index contributed by atoms with van der Waals surface area (Å²) in [5.74, 6) is 2.10. The minimum absolute atomic E-state index is 0.0169. The van der Waals surface area contributed by atoms with Crippen molar-refractivity contribution < 1.29 is 14.1 Å². The van der Waals surface area contributed by atoms with E-state index in [0.717, 1.165) is 24.9 Å². The molecule has 25 heavy (non-hydrogen) atoms. The molecule has 0 unspecified atom stereocenters. The highest BCUT2D eigenvalue weighted by Gasteiger charge is 2.27. The van der Waals surface area contributed by atoms with Gasteiger partial charge < -0.3 is 14.2 Å². The lowest BCUT2D eigenvalue weighted by Gasteiger charge is -2.31. The average Bonchev–Trinajstić information content (AvgIpc) is 3.08. The van der Waals surface area contributed by atoms with E-state index in [1.807, 2.05) is 23.1 Å². The second kappa shape index (κ2) is 7.79. The number of nitriles is 1. The van der Waals surface area contributed by atoms with Crippen molar-refractivity contribution in [2.75, 3.05) is 19.7 Å². The van der Waals surface area contributed by atoms with Gasteiger partial charge in [-0.05, 0) is 30.5 Å². The van der Waals surface area contributed by atoms with E-state index in [2.05, 4.69) is 10.1 Å². The molecule has 3 rings (SSSR count). The monoisotopic (exact) mass is 340 g/mol. The predicted molar refractivity (Wildman–Crippen MR) is 88.8 cm³/mol. The zero-order valence-electron chi connectivity index (χ0n) is 14.1. The minimum Gasteiger partial charge on any atom is -0.479 e. The van der Waals surface area contributed by atoms with Gasteiger partial charge in [0.05, 0.1) is 6.42 Å². The molecule has 0 radical (unpaired) electrons. The number of carbonyl (C=O) groups is 1. The maximum atomic E-state index is 12.6. The molecule has 1 aromatic carbocycles.